The van der Waals surface area contributed by atoms with Crippen LogP contribution in [-0.2, 0) is 4.79 Å². The highest BCUT2D eigenvalue weighted by molar-refractivity contribution is 7.99. The van der Waals surface area contributed by atoms with Crippen LogP contribution in [0.4, 0.5) is 5.69 Å². The summed E-state index contributed by atoms with van der Waals surface area (Å²) >= 11 is 2.89. The maximum absolute atomic E-state index is 12.3. The molecule has 1 amide bonds. The van der Waals surface area contributed by atoms with E-state index in [1.165, 1.54) is 11.8 Å². The molecule has 0 aliphatic carbocycles. The number of fused-ring (bicyclic) bond motifs is 2. The number of anilines is 1. The van der Waals surface area contributed by atoms with Gasteiger partial charge in [0.05, 0.1) is 10.6 Å². The van der Waals surface area contributed by atoms with Crippen LogP contribution in [0.5, 0.6) is 11.5 Å². The van der Waals surface area contributed by atoms with Crippen LogP contribution < -0.4 is 14.8 Å². The molecule has 4 heterocycles. The molecule has 1 N–H and O–H groups in total. The predicted octanol–water partition coefficient (Wildman–Crippen LogP) is 3.31. The lowest BCUT2D eigenvalue weighted by Crippen LogP contribution is -2.14. The largest absolute Gasteiger partial charge is 0.454 e. The van der Waals surface area contributed by atoms with Gasteiger partial charge in [-0.25, -0.2) is 0 Å². The summed E-state index contributed by atoms with van der Waals surface area (Å²) in [6.07, 6.45) is 0. The van der Waals surface area contributed by atoms with E-state index >= 15 is 0 Å². The van der Waals surface area contributed by atoms with Crippen molar-refractivity contribution < 1.29 is 14.3 Å². The van der Waals surface area contributed by atoms with Crippen molar-refractivity contribution in [2.75, 3.05) is 17.9 Å². The Kier molecular flexibility index (Phi) is 4.34. The molecule has 8 nitrogen and oxygen atoms in total. The van der Waals surface area contributed by atoms with Gasteiger partial charge in [0.1, 0.15) is 5.69 Å². The molecular formula is C18H13N5O3S2. The van der Waals surface area contributed by atoms with E-state index in [1.807, 2.05) is 29.6 Å². The summed E-state index contributed by atoms with van der Waals surface area (Å²) in [5, 5.41) is 18.3. The first-order chi connectivity index (χ1) is 13.8. The molecule has 0 spiro atoms. The van der Waals surface area contributed by atoms with Gasteiger partial charge in [-0.15, -0.1) is 21.5 Å². The number of benzene rings is 1. The first-order valence-electron chi connectivity index (χ1n) is 8.35. The standard InChI is InChI=1S/C18H13N5O3S2/c24-17(19-11-3-5-13-14(8-11)26-10-25-13)9-28-18-21-20-16-6-4-12(22-23(16)18)15-2-1-7-27-15/h1-8H,9-10H2,(H,19,24). The van der Waals surface area contributed by atoms with Gasteiger partial charge in [-0.2, -0.15) is 9.61 Å². The molecule has 0 radical (unpaired) electrons. The van der Waals surface area contributed by atoms with Gasteiger partial charge in [-0.05, 0) is 35.7 Å². The fourth-order valence-electron chi connectivity index (χ4n) is 2.72. The number of hydrogen-bond acceptors (Lipinski definition) is 8. The molecule has 1 aliphatic heterocycles. The lowest BCUT2D eigenvalue weighted by Gasteiger charge is -2.05. The molecule has 0 saturated carbocycles. The Morgan fingerprint density at radius 3 is 3.00 bits per heavy atom. The second-order valence-electron chi connectivity index (χ2n) is 5.85. The van der Waals surface area contributed by atoms with Gasteiger partial charge in [-0.3, -0.25) is 4.79 Å². The highest BCUT2D eigenvalue weighted by Gasteiger charge is 2.15. The summed E-state index contributed by atoms with van der Waals surface area (Å²) in [7, 11) is 0. The van der Waals surface area contributed by atoms with Crippen LogP contribution in [0, 0.1) is 0 Å². The Morgan fingerprint density at radius 1 is 1.18 bits per heavy atom. The average Bonchev–Trinajstić information content (AvgIpc) is 3.45. The van der Waals surface area contributed by atoms with E-state index < -0.39 is 0 Å². The van der Waals surface area contributed by atoms with Gasteiger partial charge in [0.2, 0.25) is 17.9 Å². The van der Waals surface area contributed by atoms with E-state index in [4.69, 9.17) is 9.47 Å². The second-order valence-corrected chi connectivity index (χ2v) is 7.74. The molecule has 0 atom stereocenters. The average molecular weight is 411 g/mol. The van der Waals surface area contributed by atoms with E-state index in [1.54, 1.807) is 34.1 Å². The Balaban J connectivity index is 1.29. The smallest absolute Gasteiger partial charge is 0.234 e. The van der Waals surface area contributed by atoms with Crippen LogP contribution in [0.1, 0.15) is 0 Å². The second kappa shape index (κ2) is 7.13. The van der Waals surface area contributed by atoms with E-state index in [-0.39, 0.29) is 18.5 Å². The molecule has 1 aromatic carbocycles. The van der Waals surface area contributed by atoms with Crippen molar-refractivity contribution in [1.29, 1.82) is 0 Å². The van der Waals surface area contributed by atoms with Crippen LogP contribution in [-0.4, -0.2) is 38.3 Å². The van der Waals surface area contributed by atoms with Gasteiger partial charge in [0.15, 0.2) is 17.1 Å². The van der Waals surface area contributed by atoms with Gasteiger partial charge < -0.3 is 14.8 Å². The zero-order valence-electron chi connectivity index (χ0n) is 14.4. The maximum Gasteiger partial charge on any atom is 0.234 e. The summed E-state index contributed by atoms with van der Waals surface area (Å²) in [5.41, 5.74) is 2.13. The van der Waals surface area contributed by atoms with Crippen molar-refractivity contribution in [2.45, 2.75) is 5.16 Å². The number of thioether (sulfide) groups is 1. The number of nitrogens with zero attached hydrogens (tertiary/aromatic N) is 4. The summed E-state index contributed by atoms with van der Waals surface area (Å²) in [6.45, 7) is 0.197. The van der Waals surface area contributed by atoms with Crippen LogP contribution in [0.3, 0.4) is 0 Å². The van der Waals surface area contributed by atoms with Crippen LogP contribution >= 0.6 is 23.1 Å². The van der Waals surface area contributed by atoms with Crippen LogP contribution in [0.25, 0.3) is 16.2 Å². The number of amides is 1. The van der Waals surface area contributed by atoms with Gasteiger partial charge in [0, 0.05) is 11.8 Å². The molecule has 3 aromatic heterocycles. The van der Waals surface area contributed by atoms with E-state index in [0.29, 0.717) is 28.0 Å². The van der Waals surface area contributed by atoms with Crippen LogP contribution in [0.15, 0.2) is 53.0 Å². The van der Waals surface area contributed by atoms with E-state index in [0.717, 1.165) is 10.6 Å². The van der Waals surface area contributed by atoms with Crippen molar-refractivity contribution >= 4 is 40.3 Å². The lowest BCUT2D eigenvalue weighted by atomic mass is 10.3. The number of thiophene rings is 1. The quantitative estimate of drug-likeness (QED) is 0.504. The fraction of sp³-hybridized carbons (Fsp3) is 0.111. The van der Waals surface area contributed by atoms with Crippen molar-refractivity contribution in [3.05, 3.63) is 47.8 Å². The van der Waals surface area contributed by atoms with Gasteiger partial charge >= 0.3 is 0 Å². The molecule has 10 heteroatoms. The number of rotatable bonds is 5. The minimum atomic E-state index is -0.157. The topological polar surface area (TPSA) is 90.6 Å². The van der Waals surface area contributed by atoms with Crippen molar-refractivity contribution in [1.82, 2.24) is 19.8 Å². The first-order valence-corrected chi connectivity index (χ1v) is 10.2. The molecule has 0 bridgehead atoms. The fourth-order valence-corrected chi connectivity index (χ4v) is 4.09. The molecule has 0 fully saturated rings. The highest BCUT2D eigenvalue weighted by Crippen LogP contribution is 2.34. The number of aromatic nitrogens is 4. The number of ether oxygens (including phenoxy) is 2. The third-order valence-electron chi connectivity index (χ3n) is 4.00. The molecule has 140 valence electrons. The Bertz CT molecular complexity index is 1160. The molecule has 4 aromatic rings. The van der Waals surface area contributed by atoms with E-state index in [2.05, 4.69) is 20.6 Å². The minimum Gasteiger partial charge on any atom is -0.454 e. The first kappa shape index (κ1) is 17.0. The maximum atomic E-state index is 12.3. The zero-order chi connectivity index (χ0) is 18.9. The Morgan fingerprint density at radius 2 is 2.11 bits per heavy atom. The SMILES string of the molecule is O=C(CSc1nnc2ccc(-c3cccs3)nn12)Nc1ccc2c(c1)OCO2. The molecule has 0 saturated heterocycles. The minimum absolute atomic E-state index is 0.157. The number of nitrogens with one attached hydrogen (secondary N) is 1. The third kappa shape index (κ3) is 3.27. The lowest BCUT2D eigenvalue weighted by molar-refractivity contribution is -0.113. The number of hydrogen-bond donors (Lipinski definition) is 1. The number of carbonyl (C=O) groups excluding carboxylic acids is 1. The summed E-state index contributed by atoms with van der Waals surface area (Å²) < 4.78 is 12.3. The Hall–Kier alpha value is -3.11. The van der Waals surface area contributed by atoms with Crippen LogP contribution in [0.2, 0.25) is 0 Å². The number of carbonyl (C=O) groups is 1. The monoisotopic (exact) mass is 411 g/mol. The predicted molar refractivity (Wildman–Crippen MR) is 106 cm³/mol. The molecule has 1 aliphatic rings. The van der Waals surface area contributed by atoms with E-state index in [9.17, 15) is 4.79 Å². The summed E-state index contributed by atoms with van der Waals surface area (Å²) in [5.74, 6) is 1.32. The highest BCUT2D eigenvalue weighted by atomic mass is 32.2. The molecule has 5 rings (SSSR count). The zero-order valence-corrected chi connectivity index (χ0v) is 16.0. The summed E-state index contributed by atoms with van der Waals surface area (Å²) in [6, 6.07) is 13.1. The van der Waals surface area contributed by atoms with Crippen molar-refractivity contribution in [2.24, 2.45) is 0 Å². The molecule has 0 unspecified atom stereocenters. The molecular weight excluding hydrogens is 398 g/mol. The Labute approximate surface area is 167 Å². The molecule has 28 heavy (non-hydrogen) atoms. The third-order valence-corrected chi connectivity index (χ3v) is 5.81. The van der Waals surface area contributed by atoms with Gasteiger partial charge in [0.25, 0.3) is 0 Å². The van der Waals surface area contributed by atoms with Crippen molar-refractivity contribution in [3.8, 4) is 22.1 Å². The van der Waals surface area contributed by atoms with Gasteiger partial charge in [-0.1, -0.05) is 17.8 Å². The van der Waals surface area contributed by atoms with Crippen molar-refractivity contribution in [3.63, 3.8) is 0 Å². The normalized spacial score (nSPS) is 12.4. The summed E-state index contributed by atoms with van der Waals surface area (Å²) in [4.78, 5) is 13.4.